The first-order chi connectivity index (χ1) is 18.8. The van der Waals surface area contributed by atoms with Crippen molar-refractivity contribution in [2.24, 2.45) is 0 Å². The number of anilines is 1. The van der Waals surface area contributed by atoms with Gasteiger partial charge in [0.25, 0.3) is 5.78 Å². The number of ether oxygens (including phenoxy) is 4. The van der Waals surface area contributed by atoms with Crippen LogP contribution in [0.25, 0.3) is 16.0 Å². The summed E-state index contributed by atoms with van der Waals surface area (Å²) in [5, 5.41) is 11.8. The van der Waals surface area contributed by atoms with Crippen molar-refractivity contribution in [2.75, 3.05) is 33.3 Å². The number of aromatic nitrogens is 1. The summed E-state index contributed by atoms with van der Waals surface area (Å²) in [4.78, 5) is 33.2. The van der Waals surface area contributed by atoms with Crippen LogP contribution in [0.1, 0.15) is 22.7 Å². The Morgan fingerprint density at radius 1 is 0.872 bits per heavy atom. The van der Waals surface area contributed by atoms with Crippen molar-refractivity contribution in [3.8, 4) is 23.0 Å². The number of carbonyl (C=O) groups is 2. The van der Waals surface area contributed by atoms with Crippen LogP contribution in [-0.4, -0.2) is 50.2 Å². The molecule has 1 N–H and O–H groups in total. The van der Waals surface area contributed by atoms with E-state index in [0.717, 1.165) is 10.3 Å². The Labute approximate surface area is 228 Å². The molecule has 0 saturated carbocycles. The Balaban J connectivity index is 1.77. The molecule has 1 fully saturated rings. The minimum absolute atomic E-state index is 0.0899. The fourth-order valence-electron chi connectivity index (χ4n) is 4.68. The zero-order valence-corrected chi connectivity index (χ0v) is 22.8. The van der Waals surface area contributed by atoms with Gasteiger partial charge in [0.1, 0.15) is 34.8 Å². The lowest BCUT2D eigenvalue weighted by Crippen LogP contribution is -2.29. The standard InChI is InChI=1S/C29H26N2O7S/c1-15-12-16(6-10-21(15)37-4)26(32)24-25(19-13-17(35-2)8-11-22(19)38-5)31(28(34)27(24)33)29-30-20-9-7-18(36-3)14-23(20)39-29/h6-14,25,32H,1-5H3/b26-24+/t25-/m1/s1. The summed E-state index contributed by atoms with van der Waals surface area (Å²) >= 11 is 1.24. The van der Waals surface area contributed by atoms with E-state index < -0.39 is 17.7 Å². The number of carbonyl (C=O) groups excluding carboxylic acids is 2. The van der Waals surface area contributed by atoms with E-state index in [9.17, 15) is 14.7 Å². The number of aliphatic hydroxyl groups excluding tert-OH is 1. The molecule has 39 heavy (non-hydrogen) atoms. The van der Waals surface area contributed by atoms with Gasteiger partial charge >= 0.3 is 5.91 Å². The van der Waals surface area contributed by atoms with E-state index in [4.69, 9.17) is 18.9 Å². The van der Waals surface area contributed by atoms with Crippen molar-refractivity contribution in [3.63, 3.8) is 0 Å². The molecule has 0 unspecified atom stereocenters. The van der Waals surface area contributed by atoms with Gasteiger partial charge in [0.2, 0.25) is 0 Å². The third-order valence-corrected chi connectivity index (χ3v) is 7.65. The topological polar surface area (TPSA) is 107 Å². The summed E-state index contributed by atoms with van der Waals surface area (Å²) in [7, 11) is 6.13. The molecular formula is C29H26N2O7S. The molecule has 1 aromatic heterocycles. The molecule has 1 aliphatic heterocycles. The Kier molecular flexibility index (Phi) is 6.88. The maximum Gasteiger partial charge on any atom is 0.301 e. The summed E-state index contributed by atoms with van der Waals surface area (Å²) in [6, 6.07) is 14.5. The number of aryl methyl sites for hydroxylation is 1. The highest BCUT2D eigenvalue weighted by atomic mass is 32.1. The molecule has 1 amide bonds. The Morgan fingerprint density at radius 3 is 2.21 bits per heavy atom. The van der Waals surface area contributed by atoms with E-state index in [-0.39, 0.29) is 11.3 Å². The lowest BCUT2D eigenvalue weighted by Gasteiger charge is -2.25. The average molecular weight is 547 g/mol. The number of amides is 1. The van der Waals surface area contributed by atoms with Crippen LogP contribution in [0.4, 0.5) is 5.13 Å². The van der Waals surface area contributed by atoms with Crippen molar-refractivity contribution in [1.82, 2.24) is 4.98 Å². The number of hydrogen-bond donors (Lipinski definition) is 1. The van der Waals surface area contributed by atoms with Gasteiger partial charge in [-0.05, 0) is 67.1 Å². The van der Waals surface area contributed by atoms with E-state index in [1.807, 2.05) is 13.0 Å². The number of fused-ring (bicyclic) bond motifs is 1. The van der Waals surface area contributed by atoms with Crippen LogP contribution in [0.3, 0.4) is 0 Å². The van der Waals surface area contributed by atoms with Crippen molar-refractivity contribution in [1.29, 1.82) is 0 Å². The highest BCUT2D eigenvalue weighted by Gasteiger charge is 2.49. The van der Waals surface area contributed by atoms with Gasteiger partial charge in [0.15, 0.2) is 5.13 Å². The van der Waals surface area contributed by atoms with Crippen LogP contribution in [0, 0.1) is 6.92 Å². The van der Waals surface area contributed by atoms with Gasteiger partial charge in [0.05, 0.1) is 44.2 Å². The second-order valence-electron chi connectivity index (χ2n) is 8.79. The maximum absolute atomic E-state index is 13.6. The predicted octanol–water partition coefficient (Wildman–Crippen LogP) is 5.27. The van der Waals surface area contributed by atoms with Crippen molar-refractivity contribution >= 4 is 44.1 Å². The summed E-state index contributed by atoms with van der Waals surface area (Å²) in [6.07, 6.45) is 0. The number of rotatable bonds is 7. The quantitative estimate of drug-likeness (QED) is 0.190. The highest BCUT2D eigenvalue weighted by molar-refractivity contribution is 7.22. The fourth-order valence-corrected chi connectivity index (χ4v) is 5.70. The van der Waals surface area contributed by atoms with Gasteiger partial charge in [-0.25, -0.2) is 4.98 Å². The minimum atomic E-state index is -1.04. The van der Waals surface area contributed by atoms with E-state index >= 15 is 0 Å². The number of benzene rings is 3. The number of thiazole rings is 1. The first kappa shape index (κ1) is 26.1. The number of hydrogen-bond acceptors (Lipinski definition) is 9. The van der Waals surface area contributed by atoms with Crippen molar-refractivity contribution in [2.45, 2.75) is 13.0 Å². The Morgan fingerprint density at radius 2 is 1.54 bits per heavy atom. The Bertz CT molecular complexity index is 1640. The number of ketones is 1. The predicted molar refractivity (Wildman–Crippen MR) is 148 cm³/mol. The lowest BCUT2D eigenvalue weighted by atomic mass is 9.94. The van der Waals surface area contributed by atoms with Gasteiger partial charge in [-0.2, -0.15) is 0 Å². The van der Waals surface area contributed by atoms with E-state index in [0.29, 0.717) is 44.8 Å². The summed E-state index contributed by atoms with van der Waals surface area (Å²) in [5.74, 6) is 0.191. The third-order valence-electron chi connectivity index (χ3n) is 6.63. The zero-order valence-electron chi connectivity index (χ0n) is 22.0. The summed E-state index contributed by atoms with van der Waals surface area (Å²) in [5.41, 5.74) is 2.13. The lowest BCUT2D eigenvalue weighted by molar-refractivity contribution is -0.132. The van der Waals surface area contributed by atoms with E-state index in [1.54, 1.807) is 62.8 Å². The van der Waals surface area contributed by atoms with Crippen LogP contribution in [0.2, 0.25) is 0 Å². The minimum Gasteiger partial charge on any atom is -0.507 e. The summed E-state index contributed by atoms with van der Waals surface area (Å²) < 4.78 is 22.5. The van der Waals surface area contributed by atoms with Crippen LogP contribution in [0.5, 0.6) is 23.0 Å². The molecule has 2 heterocycles. The summed E-state index contributed by atoms with van der Waals surface area (Å²) in [6.45, 7) is 1.83. The smallest absolute Gasteiger partial charge is 0.301 e. The largest absolute Gasteiger partial charge is 0.507 e. The first-order valence-corrected chi connectivity index (χ1v) is 12.8. The molecular weight excluding hydrogens is 520 g/mol. The van der Waals surface area contributed by atoms with Gasteiger partial charge < -0.3 is 24.1 Å². The second kappa shape index (κ2) is 10.3. The molecule has 1 saturated heterocycles. The van der Waals surface area contributed by atoms with Gasteiger partial charge in [-0.3, -0.25) is 14.5 Å². The average Bonchev–Trinajstić information content (AvgIpc) is 3.49. The van der Waals surface area contributed by atoms with E-state index in [2.05, 4.69) is 4.98 Å². The Hall–Kier alpha value is -4.57. The number of methoxy groups -OCH3 is 4. The van der Waals surface area contributed by atoms with Gasteiger partial charge in [-0.15, -0.1) is 0 Å². The number of aliphatic hydroxyl groups is 1. The third kappa shape index (κ3) is 4.42. The normalized spacial score (nSPS) is 16.5. The molecule has 0 bridgehead atoms. The SMILES string of the molecule is COc1ccc(OC)c([C@@H]2/C(=C(\O)c3ccc(OC)c(C)c3)C(=O)C(=O)N2c2nc3ccc(OC)cc3s2)c1. The second-order valence-corrected chi connectivity index (χ2v) is 9.80. The van der Waals surface area contributed by atoms with Gasteiger partial charge in [-0.1, -0.05) is 11.3 Å². The molecule has 5 rings (SSSR count). The monoisotopic (exact) mass is 546 g/mol. The zero-order chi connectivity index (χ0) is 27.8. The van der Waals surface area contributed by atoms with E-state index in [1.165, 1.54) is 30.5 Å². The van der Waals surface area contributed by atoms with Crippen LogP contribution in [-0.2, 0) is 9.59 Å². The highest BCUT2D eigenvalue weighted by Crippen LogP contribution is 2.47. The number of Topliss-reactive ketones (excluding diaryl/α,β-unsaturated/α-hetero) is 1. The van der Waals surface area contributed by atoms with Crippen LogP contribution < -0.4 is 23.8 Å². The molecule has 0 radical (unpaired) electrons. The molecule has 0 aliphatic carbocycles. The molecule has 1 aliphatic rings. The van der Waals surface area contributed by atoms with Crippen molar-refractivity contribution in [3.05, 3.63) is 76.9 Å². The molecule has 10 heteroatoms. The molecule has 3 aromatic carbocycles. The first-order valence-electron chi connectivity index (χ1n) is 11.9. The number of nitrogens with zero attached hydrogens (tertiary/aromatic N) is 2. The molecule has 1 atom stereocenters. The van der Waals surface area contributed by atoms with Crippen LogP contribution >= 0.6 is 11.3 Å². The fraction of sp³-hybridized carbons (Fsp3) is 0.207. The maximum atomic E-state index is 13.6. The molecule has 4 aromatic rings. The molecule has 9 nitrogen and oxygen atoms in total. The van der Waals surface area contributed by atoms with Crippen LogP contribution in [0.15, 0.2) is 60.2 Å². The molecule has 200 valence electrons. The molecule has 0 spiro atoms. The van der Waals surface area contributed by atoms with Gasteiger partial charge in [0, 0.05) is 11.1 Å². The van der Waals surface area contributed by atoms with Crippen molar-refractivity contribution < 1.29 is 33.6 Å².